The second-order valence-electron chi connectivity index (χ2n) is 4.54. The van der Waals surface area contributed by atoms with E-state index >= 15 is 0 Å². The highest BCUT2D eigenvalue weighted by molar-refractivity contribution is 5.18. The van der Waals surface area contributed by atoms with Crippen LogP contribution < -0.4 is 10.1 Å². The van der Waals surface area contributed by atoms with E-state index in [-0.39, 0.29) is 6.10 Å². The van der Waals surface area contributed by atoms with E-state index in [1.54, 1.807) is 7.11 Å². The molecule has 0 amide bonds. The van der Waals surface area contributed by atoms with Crippen LogP contribution in [0, 0.1) is 0 Å². The topological polar surface area (TPSA) is 43.4 Å². The van der Waals surface area contributed by atoms with Gasteiger partial charge in [-0.15, -0.1) is 0 Å². The number of methoxy groups -OCH3 is 1. The van der Waals surface area contributed by atoms with Crippen molar-refractivity contribution >= 4 is 0 Å². The van der Waals surface area contributed by atoms with E-state index in [4.69, 9.17) is 9.47 Å². The van der Waals surface area contributed by atoms with E-state index in [1.165, 1.54) is 18.4 Å². The van der Waals surface area contributed by atoms with Crippen molar-refractivity contribution in [3.8, 4) is 5.88 Å². The molecule has 0 bridgehead atoms. The lowest BCUT2D eigenvalue weighted by molar-refractivity contribution is 0.0889. The fourth-order valence-corrected chi connectivity index (χ4v) is 1.61. The minimum Gasteiger partial charge on any atom is -0.472 e. The Kier molecular flexibility index (Phi) is 4.34. The van der Waals surface area contributed by atoms with Crippen molar-refractivity contribution in [1.29, 1.82) is 0 Å². The molecule has 1 aliphatic carbocycles. The molecule has 1 unspecified atom stereocenters. The molecule has 0 saturated heterocycles. The van der Waals surface area contributed by atoms with Crippen LogP contribution in [0.5, 0.6) is 5.88 Å². The Bertz CT molecular complexity index is 336. The van der Waals surface area contributed by atoms with Crippen LogP contribution in [0.1, 0.15) is 25.3 Å². The maximum Gasteiger partial charge on any atom is 0.213 e. The van der Waals surface area contributed by atoms with Crippen LogP contribution >= 0.6 is 0 Å². The molecule has 1 N–H and O–H groups in total. The van der Waals surface area contributed by atoms with E-state index in [2.05, 4.69) is 16.4 Å². The molecule has 4 heteroatoms. The molecule has 1 aromatic heterocycles. The summed E-state index contributed by atoms with van der Waals surface area (Å²) in [4.78, 5) is 4.28. The molecule has 94 valence electrons. The van der Waals surface area contributed by atoms with Crippen LogP contribution in [0.15, 0.2) is 18.3 Å². The summed E-state index contributed by atoms with van der Waals surface area (Å²) in [6.45, 7) is 3.44. The number of nitrogens with zero attached hydrogens (tertiary/aromatic N) is 1. The fourth-order valence-electron chi connectivity index (χ4n) is 1.61. The Labute approximate surface area is 102 Å². The molecule has 1 aromatic rings. The summed E-state index contributed by atoms with van der Waals surface area (Å²) in [6.07, 6.45) is 4.51. The lowest BCUT2D eigenvalue weighted by atomic mass is 10.3. The zero-order valence-corrected chi connectivity index (χ0v) is 10.5. The third-order valence-electron chi connectivity index (χ3n) is 2.69. The van der Waals surface area contributed by atoms with Crippen LogP contribution in [0.4, 0.5) is 0 Å². The van der Waals surface area contributed by atoms with Crippen molar-refractivity contribution in [2.75, 3.05) is 13.7 Å². The van der Waals surface area contributed by atoms with Gasteiger partial charge in [0.15, 0.2) is 0 Å². The third kappa shape index (κ3) is 4.32. The van der Waals surface area contributed by atoms with Gasteiger partial charge in [-0.3, -0.25) is 0 Å². The predicted octanol–water partition coefficient (Wildman–Crippen LogP) is 1.75. The van der Waals surface area contributed by atoms with Gasteiger partial charge in [-0.05, 0) is 25.3 Å². The Morgan fingerprint density at radius 2 is 2.29 bits per heavy atom. The fraction of sp³-hybridized carbons (Fsp3) is 0.615. The van der Waals surface area contributed by atoms with Gasteiger partial charge in [0.05, 0.1) is 6.61 Å². The van der Waals surface area contributed by atoms with E-state index in [9.17, 15) is 0 Å². The van der Waals surface area contributed by atoms with Gasteiger partial charge in [0.25, 0.3) is 0 Å². The number of hydrogen-bond acceptors (Lipinski definition) is 4. The Morgan fingerprint density at radius 3 is 2.88 bits per heavy atom. The summed E-state index contributed by atoms with van der Waals surface area (Å²) in [5, 5.41) is 3.45. The minimum absolute atomic E-state index is 0.0305. The first-order chi connectivity index (χ1) is 8.28. The number of nitrogens with one attached hydrogen (secondary N) is 1. The lowest BCUT2D eigenvalue weighted by Gasteiger charge is -2.12. The maximum atomic E-state index is 5.59. The normalized spacial score (nSPS) is 16.8. The quantitative estimate of drug-likeness (QED) is 0.783. The maximum absolute atomic E-state index is 5.59. The number of ether oxygens (including phenoxy) is 2. The first kappa shape index (κ1) is 12.3. The van der Waals surface area contributed by atoms with Gasteiger partial charge in [0.2, 0.25) is 5.88 Å². The van der Waals surface area contributed by atoms with Crippen LogP contribution in [0.3, 0.4) is 0 Å². The van der Waals surface area contributed by atoms with Gasteiger partial charge in [-0.2, -0.15) is 0 Å². The second-order valence-corrected chi connectivity index (χ2v) is 4.54. The van der Waals surface area contributed by atoms with Crippen LogP contribution in [0.25, 0.3) is 0 Å². The summed E-state index contributed by atoms with van der Waals surface area (Å²) in [6, 6.07) is 4.69. The number of pyridine rings is 1. The van der Waals surface area contributed by atoms with Crippen molar-refractivity contribution in [2.24, 2.45) is 0 Å². The Balaban J connectivity index is 1.79. The zero-order chi connectivity index (χ0) is 12.1. The lowest BCUT2D eigenvalue weighted by Crippen LogP contribution is -2.19. The van der Waals surface area contributed by atoms with Crippen molar-refractivity contribution in [3.63, 3.8) is 0 Å². The predicted molar refractivity (Wildman–Crippen MR) is 66.1 cm³/mol. The summed E-state index contributed by atoms with van der Waals surface area (Å²) < 4.78 is 10.6. The molecule has 4 nitrogen and oxygen atoms in total. The van der Waals surface area contributed by atoms with E-state index in [0.717, 1.165) is 12.6 Å². The summed E-state index contributed by atoms with van der Waals surface area (Å²) in [5.74, 6) is 0.657. The standard InChI is InChI=1S/C13H20N2O2/c1-10(9-16-2)17-13-6-3-11(8-15-13)7-14-12-4-5-12/h3,6,8,10,12,14H,4-5,7,9H2,1-2H3. The molecule has 17 heavy (non-hydrogen) atoms. The SMILES string of the molecule is COCC(C)Oc1ccc(CNC2CC2)cn1. The second kappa shape index (κ2) is 5.98. The average Bonchev–Trinajstić information content (AvgIpc) is 3.12. The van der Waals surface area contributed by atoms with Crippen molar-refractivity contribution < 1.29 is 9.47 Å². The Morgan fingerprint density at radius 1 is 1.47 bits per heavy atom. The van der Waals surface area contributed by atoms with Crippen LogP contribution in [0.2, 0.25) is 0 Å². The van der Waals surface area contributed by atoms with E-state index < -0.39 is 0 Å². The minimum atomic E-state index is 0.0305. The number of aromatic nitrogens is 1. The summed E-state index contributed by atoms with van der Waals surface area (Å²) in [7, 11) is 1.67. The first-order valence-corrected chi connectivity index (χ1v) is 6.12. The van der Waals surface area contributed by atoms with Gasteiger partial charge >= 0.3 is 0 Å². The number of rotatable bonds is 7. The van der Waals surface area contributed by atoms with Crippen LogP contribution in [-0.2, 0) is 11.3 Å². The highest BCUT2D eigenvalue weighted by atomic mass is 16.5. The summed E-state index contributed by atoms with van der Waals surface area (Å²) in [5.41, 5.74) is 1.20. The molecule has 0 radical (unpaired) electrons. The molecular formula is C13H20N2O2. The third-order valence-corrected chi connectivity index (χ3v) is 2.69. The molecule has 1 saturated carbocycles. The molecule has 0 aromatic carbocycles. The highest BCUT2D eigenvalue weighted by Gasteiger charge is 2.19. The molecule has 1 heterocycles. The molecule has 1 atom stereocenters. The van der Waals surface area contributed by atoms with Crippen LogP contribution in [-0.4, -0.2) is 30.8 Å². The molecule has 0 aliphatic heterocycles. The summed E-state index contributed by atoms with van der Waals surface area (Å²) >= 11 is 0. The van der Waals surface area contributed by atoms with Gasteiger partial charge in [0.1, 0.15) is 6.10 Å². The van der Waals surface area contributed by atoms with Gasteiger partial charge in [-0.1, -0.05) is 6.07 Å². The highest BCUT2D eigenvalue weighted by Crippen LogP contribution is 2.19. The van der Waals surface area contributed by atoms with Gasteiger partial charge < -0.3 is 14.8 Å². The largest absolute Gasteiger partial charge is 0.472 e. The van der Waals surface area contributed by atoms with E-state index in [1.807, 2.05) is 19.2 Å². The molecule has 2 rings (SSSR count). The Hall–Kier alpha value is -1.13. The smallest absolute Gasteiger partial charge is 0.213 e. The van der Waals surface area contributed by atoms with Gasteiger partial charge in [0, 0.05) is 32.0 Å². The molecule has 1 fully saturated rings. The van der Waals surface area contributed by atoms with Crippen molar-refractivity contribution in [1.82, 2.24) is 10.3 Å². The molecular weight excluding hydrogens is 216 g/mol. The van der Waals surface area contributed by atoms with Crippen molar-refractivity contribution in [2.45, 2.75) is 38.5 Å². The molecule has 1 aliphatic rings. The van der Waals surface area contributed by atoms with E-state index in [0.29, 0.717) is 12.5 Å². The van der Waals surface area contributed by atoms with Crippen molar-refractivity contribution in [3.05, 3.63) is 23.9 Å². The zero-order valence-electron chi connectivity index (χ0n) is 10.5. The first-order valence-electron chi connectivity index (χ1n) is 6.12. The molecule has 0 spiro atoms. The van der Waals surface area contributed by atoms with Gasteiger partial charge in [-0.25, -0.2) is 4.98 Å². The average molecular weight is 236 g/mol. The number of hydrogen-bond donors (Lipinski definition) is 1. The monoisotopic (exact) mass is 236 g/mol.